The van der Waals surface area contributed by atoms with Crippen LogP contribution in [0.3, 0.4) is 0 Å². The number of carbonyl (C=O) groups is 3. The molecule has 0 bridgehead atoms. The Kier molecular flexibility index (Phi) is 13.3. The highest BCUT2D eigenvalue weighted by atomic mass is 19.4. The molecule has 4 aromatic heterocycles. The first-order valence-corrected chi connectivity index (χ1v) is 13.0. The maximum absolute atomic E-state index is 10.6. The molecular formula is C27H23F9N6O6. The fraction of sp³-hybridized carbons (Fsp3) is 0.296. The molecule has 4 aromatic rings. The number of carboxylic acids is 3. The van der Waals surface area contributed by atoms with Crippen molar-refractivity contribution >= 4 is 23.6 Å². The Hall–Kier alpha value is -5.34. The molecule has 260 valence electrons. The van der Waals surface area contributed by atoms with Crippen molar-refractivity contribution in [3.63, 3.8) is 0 Å². The van der Waals surface area contributed by atoms with Gasteiger partial charge in [0.25, 0.3) is 0 Å². The zero-order valence-corrected chi connectivity index (χ0v) is 23.9. The van der Waals surface area contributed by atoms with Crippen molar-refractivity contribution in [3.05, 3.63) is 78.8 Å². The second-order valence-electron chi connectivity index (χ2n) is 9.38. The molecule has 21 heteroatoms. The maximum Gasteiger partial charge on any atom is 0.490 e. The van der Waals surface area contributed by atoms with Gasteiger partial charge in [-0.1, -0.05) is 6.07 Å². The fourth-order valence-corrected chi connectivity index (χ4v) is 3.70. The molecule has 12 nitrogen and oxygen atoms in total. The quantitative estimate of drug-likeness (QED) is 0.243. The molecule has 48 heavy (non-hydrogen) atoms. The van der Waals surface area contributed by atoms with Crippen molar-refractivity contribution in [3.8, 4) is 11.1 Å². The van der Waals surface area contributed by atoms with Gasteiger partial charge in [0, 0.05) is 49.4 Å². The number of fused-ring (bicyclic) bond motifs is 1. The van der Waals surface area contributed by atoms with Gasteiger partial charge >= 0.3 is 36.4 Å². The predicted octanol–water partition coefficient (Wildman–Crippen LogP) is 5.08. The van der Waals surface area contributed by atoms with Crippen molar-refractivity contribution in [2.45, 2.75) is 37.4 Å². The van der Waals surface area contributed by atoms with E-state index in [-0.39, 0.29) is 0 Å². The molecular weight excluding hydrogens is 675 g/mol. The minimum atomic E-state index is -5.08. The van der Waals surface area contributed by atoms with Crippen LogP contribution in [-0.4, -0.2) is 94.3 Å². The molecule has 3 N–H and O–H groups in total. The number of aromatic nitrogens is 5. The lowest BCUT2D eigenvalue weighted by Crippen LogP contribution is -2.21. The van der Waals surface area contributed by atoms with E-state index in [2.05, 4.69) is 27.0 Å². The third-order valence-corrected chi connectivity index (χ3v) is 5.84. The number of rotatable bonds is 4. The van der Waals surface area contributed by atoms with Crippen LogP contribution < -0.4 is 0 Å². The summed E-state index contributed by atoms with van der Waals surface area (Å²) < 4.78 is 97.1. The molecule has 1 atom stereocenters. The Bertz CT molecular complexity index is 1590. The number of halogens is 9. The van der Waals surface area contributed by atoms with E-state index in [4.69, 9.17) is 39.8 Å². The summed E-state index contributed by atoms with van der Waals surface area (Å²) in [5, 5.41) is 26.1. The molecule has 0 amide bonds. The second kappa shape index (κ2) is 16.5. The highest BCUT2D eigenvalue weighted by Gasteiger charge is 2.39. The van der Waals surface area contributed by atoms with Gasteiger partial charge in [-0.25, -0.2) is 23.9 Å². The van der Waals surface area contributed by atoms with Crippen LogP contribution in [0.1, 0.15) is 23.9 Å². The normalized spacial score (nSPS) is 14.8. The number of hydrogen-bond acceptors (Lipinski definition) is 8. The van der Waals surface area contributed by atoms with Crippen LogP contribution in [0.5, 0.6) is 0 Å². The predicted molar refractivity (Wildman–Crippen MR) is 144 cm³/mol. The van der Waals surface area contributed by atoms with E-state index >= 15 is 0 Å². The molecule has 0 aromatic carbocycles. The molecule has 0 spiro atoms. The molecule has 0 aliphatic carbocycles. The Labute approximate surface area is 263 Å². The van der Waals surface area contributed by atoms with Crippen LogP contribution in [0.2, 0.25) is 0 Å². The van der Waals surface area contributed by atoms with Crippen molar-refractivity contribution in [2.24, 2.45) is 0 Å². The smallest absolute Gasteiger partial charge is 0.475 e. The first-order valence-electron chi connectivity index (χ1n) is 13.0. The van der Waals surface area contributed by atoms with Crippen molar-refractivity contribution in [1.29, 1.82) is 0 Å². The third-order valence-electron chi connectivity index (χ3n) is 5.84. The van der Waals surface area contributed by atoms with Crippen molar-refractivity contribution in [1.82, 2.24) is 29.5 Å². The summed E-state index contributed by atoms with van der Waals surface area (Å²) in [5.74, 6) is -6.96. The summed E-state index contributed by atoms with van der Waals surface area (Å²) in [6.45, 7) is 2.92. The minimum Gasteiger partial charge on any atom is -0.475 e. The summed E-state index contributed by atoms with van der Waals surface area (Å²) in [6, 6.07) is 14.2. The van der Waals surface area contributed by atoms with Gasteiger partial charge in [-0.3, -0.25) is 14.9 Å². The number of likely N-dealkylation sites (tertiary alicyclic amines) is 1. The van der Waals surface area contributed by atoms with Crippen LogP contribution in [0, 0.1) is 0 Å². The number of pyridine rings is 3. The monoisotopic (exact) mass is 698 g/mol. The lowest BCUT2D eigenvalue weighted by molar-refractivity contribution is -0.193. The molecule has 5 rings (SSSR count). The van der Waals surface area contributed by atoms with Gasteiger partial charge in [0.15, 0.2) is 11.5 Å². The van der Waals surface area contributed by atoms with Crippen LogP contribution in [-0.2, 0) is 20.9 Å². The molecule has 1 unspecified atom stereocenters. The highest BCUT2D eigenvalue weighted by molar-refractivity contribution is 5.73. The van der Waals surface area contributed by atoms with Crippen molar-refractivity contribution < 1.29 is 69.2 Å². The van der Waals surface area contributed by atoms with Crippen molar-refractivity contribution in [2.75, 3.05) is 13.1 Å². The van der Waals surface area contributed by atoms with Crippen LogP contribution in [0.4, 0.5) is 39.5 Å². The number of hydrogen-bond donors (Lipinski definition) is 3. The molecule has 0 saturated carbocycles. The Morgan fingerprint density at radius 2 is 1.29 bits per heavy atom. The average Bonchev–Trinajstić information content (AvgIpc) is 3.64. The molecule has 0 radical (unpaired) electrons. The zero-order valence-electron chi connectivity index (χ0n) is 23.9. The summed E-state index contributed by atoms with van der Waals surface area (Å²) >= 11 is 0. The van der Waals surface area contributed by atoms with Crippen LogP contribution in [0.25, 0.3) is 16.8 Å². The van der Waals surface area contributed by atoms with E-state index in [0.29, 0.717) is 5.92 Å². The standard InChI is InChI=1S/C21H20N6.3C2HF3O2/c1-2-9-23-19(3-1)15-26-12-8-18(13-26)21-24-20-5-4-17(14-27(20)25-21)16-6-10-22-11-7-16;3*3-2(4,5)1(6)7/h1-7,9-11,14,18H,8,12-13,15H2;3*(H,6,7). The Morgan fingerprint density at radius 3 is 1.77 bits per heavy atom. The highest BCUT2D eigenvalue weighted by Crippen LogP contribution is 2.27. The Balaban J connectivity index is 0.000000313. The molecule has 1 fully saturated rings. The van der Waals surface area contributed by atoms with E-state index in [1.165, 1.54) is 0 Å². The molecule has 1 saturated heterocycles. The minimum absolute atomic E-state index is 0.373. The van der Waals surface area contributed by atoms with Gasteiger partial charge in [-0.2, -0.15) is 44.6 Å². The van der Waals surface area contributed by atoms with Crippen LogP contribution in [0.15, 0.2) is 67.3 Å². The largest absolute Gasteiger partial charge is 0.490 e. The lowest BCUT2D eigenvalue weighted by atomic mass is 10.1. The van der Waals surface area contributed by atoms with Crippen LogP contribution >= 0.6 is 0 Å². The van der Waals surface area contributed by atoms with E-state index < -0.39 is 36.4 Å². The van der Waals surface area contributed by atoms with E-state index in [1.807, 2.05) is 47.2 Å². The summed E-state index contributed by atoms with van der Waals surface area (Å²) in [7, 11) is 0. The van der Waals surface area contributed by atoms with E-state index in [1.54, 1.807) is 12.4 Å². The van der Waals surface area contributed by atoms with E-state index in [0.717, 1.165) is 54.3 Å². The summed E-state index contributed by atoms with van der Waals surface area (Å²) in [6.07, 6.45) is -6.66. The fourth-order valence-electron chi connectivity index (χ4n) is 3.70. The van der Waals surface area contributed by atoms with Gasteiger partial charge < -0.3 is 15.3 Å². The molecule has 1 aliphatic heterocycles. The Morgan fingerprint density at radius 1 is 0.750 bits per heavy atom. The van der Waals surface area contributed by atoms with E-state index in [9.17, 15) is 39.5 Å². The number of aliphatic carboxylic acids is 3. The number of carboxylic acid groups (broad SMARTS) is 3. The number of alkyl halides is 9. The maximum atomic E-state index is 10.6. The molecule has 5 heterocycles. The third kappa shape index (κ3) is 12.8. The first kappa shape index (κ1) is 38.8. The zero-order chi connectivity index (χ0) is 36.3. The van der Waals surface area contributed by atoms with Gasteiger partial charge in [-0.05, 0) is 54.9 Å². The average molecular weight is 698 g/mol. The van der Waals surface area contributed by atoms with Gasteiger partial charge in [0.05, 0.1) is 5.69 Å². The van der Waals surface area contributed by atoms with Gasteiger partial charge in [0.1, 0.15) is 0 Å². The van der Waals surface area contributed by atoms with Gasteiger partial charge in [-0.15, -0.1) is 0 Å². The number of nitrogens with zero attached hydrogens (tertiary/aromatic N) is 6. The molecule has 1 aliphatic rings. The summed E-state index contributed by atoms with van der Waals surface area (Å²) in [5.41, 5.74) is 4.25. The topological polar surface area (TPSA) is 171 Å². The SMILES string of the molecule is O=C(O)C(F)(F)F.O=C(O)C(F)(F)F.O=C(O)C(F)(F)F.c1ccc(CN2CCC(c3nc4ccc(-c5ccncc5)cn4n3)C2)nc1. The van der Waals surface area contributed by atoms with Gasteiger partial charge in [0.2, 0.25) is 0 Å². The summed E-state index contributed by atoms with van der Waals surface area (Å²) in [4.78, 5) is 42.4. The lowest BCUT2D eigenvalue weighted by Gasteiger charge is -2.14. The second-order valence-corrected chi connectivity index (χ2v) is 9.38. The first-order chi connectivity index (χ1) is 22.2.